The minimum atomic E-state index is -5.16. The van der Waals surface area contributed by atoms with E-state index in [1.807, 2.05) is 32.9 Å². The van der Waals surface area contributed by atoms with Crippen LogP contribution in [0.25, 0.3) is 11.4 Å². The van der Waals surface area contributed by atoms with E-state index in [0.29, 0.717) is 41.1 Å². The minimum absolute atomic E-state index is 0. The number of nitrogens with one attached hydrogen (secondary N) is 1. The van der Waals surface area contributed by atoms with Gasteiger partial charge in [-0.1, -0.05) is 34.6 Å². The van der Waals surface area contributed by atoms with Crippen molar-refractivity contribution in [3.8, 4) is 11.4 Å². The molecule has 0 radical (unpaired) electrons. The molecule has 14 nitrogen and oxygen atoms in total. The molecule has 0 aliphatic carbocycles. The number of hydrogen-bond acceptors (Lipinski definition) is 12. The summed E-state index contributed by atoms with van der Waals surface area (Å²) >= 11 is 0. The predicted molar refractivity (Wildman–Crippen MR) is 184 cm³/mol. The van der Waals surface area contributed by atoms with Gasteiger partial charge in [0.15, 0.2) is 5.82 Å². The van der Waals surface area contributed by atoms with Crippen LogP contribution in [0.3, 0.4) is 0 Å². The summed E-state index contributed by atoms with van der Waals surface area (Å²) in [5, 5.41) is 11.8. The number of aliphatic imine (C=N–C) groups is 1. The van der Waals surface area contributed by atoms with Gasteiger partial charge in [-0.05, 0) is 79.6 Å². The Bertz CT molecular complexity index is 2120. The Morgan fingerprint density at radius 3 is 1.90 bits per heavy atom. The first-order valence-electron chi connectivity index (χ1n) is 15.5. The summed E-state index contributed by atoms with van der Waals surface area (Å²) in [4.78, 5) is 24.3. The smallest absolute Gasteiger partial charge is 0.744 e. The van der Waals surface area contributed by atoms with Crippen LogP contribution >= 0.6 is 0 Å². The first-order chi connectivity index (χ1) is 23.0. The van der Waals surface area contributed by atoms with Crippen LogP contribution in [-0.2, 0) is 20.2 Å². The molecule has 0 bridgehead atoms. The number of hydrogen-bond donors (Lipinski definition) is 1. The number of nitrogens with zero attached hydrogens (tertiary/aromatic N) is 6. The van der Waals surface area contributed by atoms with Crippen molar-refractivity contribution >= 4 is 54.6 Å². The van der Waals surface area contributed by atoms with Crippen molar-refractivity contribution in [2.24, 2.45) is 15.5 Å². The molecule has 0 atom stereocenters. The first-order valence-corrected chi connectivity index (χ1v) is 18.3. The van der Waals surface area contributed by atoms with Crippen molar-refractivity contribution in [2.75, 3.05) is 23.3 Å². The molecule has 51 heavy (non-hydrogen) atoms. The van der Waals surface area contributed by atoms with E-state index in [4.69, 9.17) is 15.1 Å². The summed E-state index contributed by atoms with van der Waals surface area (Å²) in [6.45, 7) is 12.4. The summed E-state index contributed by atoms with van der Waals surface area (Å²) in [6.07, 6.45) is 2.10. The van der Waals surface area contributed by atoms with Gasteiger partial charge in [-0.15, -0.1) is 9.89 Å². The van der Waals surface area contributed by atoms with Gasteiger partial charge in [0.1, 0.15) is 25.9 Å². The fourth-order valence-electron chi connectivity index (χ4n) is 5.17. The molecule has 4 aromatic rings. The molecule has 0 unspecified atom stereocenters. The Balaban J connectivity index is 0.00000351. The van der Waals surface area contributed by atoms with E-state index in [2.05, 4.69) is 41.3 Å². The average Bonchev–Trinajstić information content (AvgIpc) is 3.60. The number of fused-ring (bicyclic) bond motifs is 1. The molecular formula is C33H35N7Na2O7S2. The molecule has 258 valence electrons. The summed E-state index contributed by atoms with van der Waals surface area (Å²) in [5.41, 5.74) is 3.20. The molecular weight excluding hydrogens is 717 g/mol. The zero-order valence-electron chi connectivity index (χ0n) is 29.5. The van der Waals surface area contributed by atoms with E-state index >= 15 is 0 Å². The van der Waals surface area contributed by atoms with Gasteiger partial charge < -0.3 is 19.3 Å². The Hall–Kier alpha value is -2.77. The molecule has 18 heteroatoms. The molecule has 1 N–H and O–H groups in total. The van der Waals surface area contributed by atoms with Gasteiger partial charge >= 0.3 is 59.1 Å². The van der Waals surface area contributed by atoms with Crippen molar-refractivity contribution in [1.29, 1.82) is 0 Å². The van der Waals surface area contributed by atoms with Crippen LogP contribution < -0.4 is 69.3 Å². The Morgan fingerprint density at radius 1 is 0.863 bits per heavy atom. The van der Waals surface area contributed by atoms with E-state index in [0.717, 1.165) is 43.0 Å². The molecule has 0 saturated carbocycles. The monoisotopic (exact) mass is 751 g/mol. The Morgan fingerprint density at radius 2 is 1.41 bits per heavy atom. The number of aromatic nitrogens is 3. The fraction of sp³-hybridized carbons (Fsp3) is 0.303. The summed E-state index contributed by atoms with van der Waals surface area (Å²) in [7, 11) is -10.3. The Kier molecular flexibility index (Phi) is 14.1. The van der Waals surface area contributed by atoms with Gasteiger partial charge in [0.25, 0.3) is 5.91 Å². The van der Waals surface area contributed by atoms with Crippen molar-refractivity contribution in [2.45, 2.75) is 57.3 Å². The van der Waals surface area contributed by atoms with Crippen molar-refractivity contribution in [3.05, 3.63) is 78.1 Å². The van der Waals surface area contributed by atoms with Crippen LogP contribution in [0, 0.1) is 5.41 Å². The normalized spacial score (nSPS) is 13.5. The van der Waals surface area contributed by atoms with Crippen molar-refractivity contribution in [3.63, 3.8) is 0 Å². The molecule has 0 saturated heterocycles. The SMILES string of the molecule is CCCN(CCC)c1ccc(N=C2C(C(C)(C)C)=Nn3nc(-c4ccc(NC(=O)c5cc(S(=O)(=O)[O-])cc(S(=O)(=O)[O-])c5)cc4)nc32)cc1.[Na+].[Na+]. The van der Waals surface area contributed by atoms with Crippen LogP contribution in [-0.4, -0.2) is 71.2 Å². The zero-order valence-corrected chi connectivity index (χ0v) is 35.2. The van der Waals surface area contributed by atoms with Gasteiger partial charge in [-0.2, -0.15) is 5.10 Å². The maximum Gasteiger partial charge on any atom is 1.00 e. The molecule has 1 aromatic heterocycles. The van der Waals surface area contributed by atoms with Crippen LogP contribution in [0.5, 0.6) is 0 Å². The van der Waals surface area contributed by atoms with Crippen molar-refractivity contribution < 1.29 is 89.9 Å². The van der Waals surface area contributed by atoms with E-state index in [1.54, 1.807) is 12.1 Å². The number of carbonyl (C=O) groups is 1. The van der Waals surface area contributed by atoms with Crippen LogP contribution in [0.2, 0.25) is 0 Å². The molecule has 0 spiro atoms. The third-order valence-electron chi connectivity index (χ3n) is 7.50. The maximum absolute atomic E-state index is 12.9. The van der Waals surface area contributed by atoms with Crippen LogP contribution in [0.4, 0.5) is 17.1 Å². The predicted octanol–water partition coefficient (Wildman–Crippen LogP) is -0.975. The largest absolute Gasteiger partial charge is 1.00 e. The third-order valence-corrected chi connectivity index (χ3v) is 9.12. The molecule has 2 heterocycles. The van der Waals surface area contributed by atoms with E-state index in [1.165, 1.54) is 16.9 Å². The molecule has 1 amide bonds. The number of rotatable bonds is 11. The second kappa shape index (κ2) is 16.9. The number of amides is 1. The van der Waals surface area contributed by atoms with Gasteiger partial charge in [0.2, 0.25) is 5.82 Å². The van der Waals surface area contributed by atoms with Gasteiger partial charge in [0, 0.05) is 41.0 Å². The van der Waals surface area contributed by atoms with E-state index in [-0.39, 0.29) is 70.2 Å². The summed E-state index contributed by atoms with van der Waals surface area (Å²) in [5.74, 6) is -0.123. The first kappa shape index (κ1) is 42.6. The van der Waals surface area contributed by atoms with Gasteiger partial charge in [-0.3, -0.25) is 4.79 Å². The summed E-state index contributed by atoms with van der Waals surface area (Å²) in [6, 6.07) is 16.2. The molecule has 0 fully saturated rings. The molecule has 3 aromatic carbocycles. The minimum Gasteiger partial charge on any atom is -0.744 e. The maximum atomic E-state index is 12.9. The number of benzene rings is 3. The number of anilines is 2. The average molecular weight is 752 g/mol. The van der Waals surface area contributed by atoms with Crippen molar-refractivity contribution in [1.82, 2.24) is 14.9 Å². The van der Waals surface area contributed by atoms with E-state index in [9.17, 15) is 30.7 Å². The molecule has 1 aliphatic rings. The van der Waals surface area contributed by atoms with Gasteiger partial charge in [0.05, 0.1) is 21.2 Å². The second-order valence-corrected chi connectivity index (χ2v) is 15.2. The standard InChI is InChI=1S/C33H37N7O7S2.2Na/c1-6-16-39(17-7-2)25-14-12-23(13-15-25)34-28-29(33(3,4)5)37-40-31(28)36-30(38-40)21-8-10-24(11-9-21)35-32(41)22-18-26(48(42,43)44)20-27(19-22)49(45,46)47;;/h8-15,18-20H,6-7,16-17H2,1-5H3,(H,35,41)(H,42,43,44)(H,45,46,47);;/q;2*+1/p-2. The van der Waals surface area contributed by atoms with Crippen LogP contribution in [0.1, 0.15) is 63.6 Å². The second-order valence-electron chi connectivity index (χ2n) is 12.4. The molecule has 5 rings (SSSR count). The quantitative estimate of drug-likeness (QED) is 0.147. The number of carbonyl (C=O) groups excluding carboxylic acids is 1. The van der Waals surface area contributed by atoms with Gasteiger partial charge in [-0.25, -0.2) is 26.8 Å². The Labute approximate surface area is 341 Å². The zero-order chi connectivity index (χ0) is 35.7. The molecule has 1 aliphatic heterocycles. The third kappa shape index (κ3) is 10.2. The topological polar surface area (TPSA) is 202 Å². The van der Waals surface area contributed by atoms with Crippen LogP contribution in [0.15, 0.2) is 86.6 Å². The summed E-state index contributed by atoms with van der Waals surface area (Å²) < 4.78 is 69.0. The van der Waals surface area contributed by atoms with E-state index < -0.39 is 41.5 Å². The fourth-order valence-corrected chi connectivity index (χ4v) is 6.33.